The average Bonchev–Trinajstić information content (AvgIpc) is 2.25. The number of hydrogen-bond acceptors (Lipinski definition) is 2. The molecule has 1 unspecified atom stereocenters. The van der Waals surface area contributed by atoms with Crippen molar-refractivity contribution in [3.05, 3.63) is 11.6 Å². The van der Waals surface area contributed by atoms with Crippen LogP contribution in [0.15, 0.2) is 11.6 Å². The Labute approximate surface area is 90.2 Å². The maximum Gasteiger partial charge on any atom is 0.310 e. The summed E-state index contributed by atoms with van der Waals surface area (Å²) in [5.74, 6) is -1.10. The van der Waals surface area contributed by atoms with Gasteiger partial charge in [0.05, 0.1) is 5.92 Å². The molecule has 3 nitrogen and oxygen atoms in total. The Bertz CT molecular complexity index is 256. The van der Waals surface area contributed by atoms with Crippen LogP contribution in [0.5, 0.6) is 0 Å². The summed E-state index contributed by atoms with van der Waals surface area (Å²) < 4.78 is 0. The number of carboxylic acid groups (broad SMARTS) is 1. The minimum Gasteiger partial charge on any atom is -0.481 e. The van der Waals surface area contributed by atoms with Crippen LogP contribution in [0.1, 0.15) is 44.9 Å². The predicted octanol–water partition coefficient (Wildman–Crippen LogP) is 2.56. The van der Waals surface area contributed by atoms with Crippen LogP contribution < -0.4 is 0 Å². The first kappa shape index (κ1) is 12.0. The summed E-state index contributed by atoms with van der Waals surface area (Å²) in [7, 11) is 0. The molecule has 0 bridgehead atoms. The van der Waals surface area contributed by atoms with Gasteiger partial charge in [-0.25, -0.2) is 0 Å². The van der Waals surface area contributed by atoms with E-state index in [1.165, 1.54) is 6.42 Å². The number of unbranched alkanes of at least 4 members (excludes halogenated alkanes) is 1. The molecule has 0 saturated carbocycles. The number of aldehydes is 1. The molecule has 1 aliphatic carbocycles. The summed E-state index contributed by atoms with van der Waals surface area (Å²) in [5, 5.41) is 9.10. The lowest BCUT2D eigenvalue weighted by molar-refractivity contribution is -0.140. The van der Waals surface area contributed by atoms with Crippen LogP contribution in [0.25, 0.3) is 0 Å². The first-order valence-electron chi connectivity index (χ1n) is 5.61. The summed E-state index contributed by atoms with van der Waals surface area (Å²) >= 11 is 0. The molecule has 1 atom stereocenters. The molecule has 0 saturated heterocycles. The first-order chi connectivity index (χ1) is 7.25. The Morgan fingerprint density at radius 1 is 1.53 bits per heavy atom. The largest absolute Gasteiger partial charge is 0.481 e. The predicted molar refractivity (Wildman–Crippen MR) is 57.6 cm³/mol. The average molecular weight is 210 g/mol. The van der Waals surface area contributed by atoms with Crippen LogP contribution >= 0.6 is 0 Å². The van der Waals surface area contributed by atoms with E-state index in [0.717, 1.165) is 31.1 Å². The van der Waals surface area contributed by atoms with Gasteiger partial charge >= 0.3 is 5.97 Å². The molecular weight excluding hydrogens is 192 g/mol. The Hall–Kier alpha value is -1.12. The number of hydrogen-bond donors (Lipinski definition) is 1. The molecule has 0 aromatic rings. The number of rotatable bonds is 6. The van der Waals surface area contributed by atoms with Crippen molar-refractivity contribution in [2.75, 3.05) is 0 Å². The summed E-state index contributed by atoms with van der Waals surface area (Å²) in [5.41, 5.74) is 1.07. The van der Waals surface area contributed by atoms with Gasteiger partial charge in [-0.1, -0.05) is 11.6 Å². The van der Waals surface area contributed by atoms with Gasteiger partial charge in [0.15, 0.2) is 0 Å². The summed E-state index contributed by atoms with van der Waals surface area (Å²) in [6, 6.07) is 0. The van der Waals surface area contributed by atoms with Crippen molar-refractivity contribution in [3.63, 3.8) is 0 Å². The monoisotopic (exact) mass is 210 g/mol. The van der Waals surface area contributed by atoms with E-state index in [2.05, 4.69) is 6.08 Å². The molecule has 1 aliphatic rings. The molecule has 3 heteroatoms. The molecular formula is C12H18O3. The fraction of sp³-hybridized carbons (Fsp3) is 0.667. The zero-order valence-electron chi connectivity index (χ0n) is 8.95. The highest BCUT2D eigenvalue weighted by molar-refractivity contribution is 5.73. The van der Waals surface area contributed by atoms with Gasteiger partial charge in [0.1, 0.15) is 6.29 Å². The Kier molecular flexibility index (Phi) is 5.08. The van der Waals surface area contributed by atoms with E-state index in [1.807, 2.05) is 0 Å². The highest BCUT2D eigenvalue weighted by Gasteiger charge is 2.22. The van der Waals surface area contributed by atoms with E-state index in [0.29, 0.717) is 19.3 Å². The smallest absolute Gasteiger partial charge is 0.310 e. The van der Waals surface area contributed by atoms with Crippen LogP contribution in [0.2, 0.25) is 0 Å². The van der Waals surface area contributed by atoms with Crippen molar-refractivity contribution in [3.8, 4) is 0 Å². The number of carbonyl (C=O) groups excluding carboxylic acids is 1. The Morgan fingerprint density at radius 2 is 2.33 bits per heavy atom. The third-order valence-electron chi connectivity index (χ3n) is 2.89. The van der Waals surface area contributed by atoms with Crippen molar-refractivity contribution < 1.29 is 14.7 Å². The van der Waals surface area contributed by atoms with E-state index >= 15 is 0 Å². The highest BCUT2D eigenvalue weighted by atomic mass is 16.4. The SMILES string of the molecule is O=CCCCC(C(=O)O)C1=CCCCC1. The van der Waals surface area contributed by atoms with Crippen LogP contribution in [0.4, 0.5) is 0 Å². The fourth-order valence-electron chi connectivity index (χ4n) is 2.05. The van der Waals surface area contributed by atoms with Crippen LogP contribution in [-0.2, 0) is 9.59 Å². The number of carbonyl (C=O) groups is 2. The van der Waals surface area contributed by atoms with Crippen LogP contribution in [0.3, 0.4) is 0 Å². The van der Waals surface area contributed by atoms with E-state index in [-0.39, 0.29) is 5.92 Å². The molecule has 1 N–H and O–H groups in total. The van der Waals surface area contributed by atoms with Gasteiger partial charge in [0.2, 0.25) is 0 Å². The molecule has 0 aliphatic heterocycles. The normalized spacial score (nSPS) is 18.0. The maximum absolute atomic E-state index is 11.1. The van der Waals surface area contributed by atoms with Gasteiger partial charge in [-0.05, 0) is 38.5 Å². The van der Waals surface area contributed by atoms with Crippen LogP contribution in [0, 0.1) is 5.92 Å². The summed E-state index contributed by atoms with van der Waals surface area (Å²) in [6.45, 7) is 0. The van der Waals surface area contributed by atoms with Gasteiger partial charge in [0.25, 0.3) is 0 Å². The van der Waals surface area contributed by atoms with Gasteiger partial charge in [-0.3, -0.25) is 4.79 Å². The molecule has 0 aromatic carbocycles. The van der Waals surface area contributed by atoms with E-state index in [1.54, 1.807) is 0 Å². The summed E-state index contributed by atoms with van der Waals surface area (Å²) in [4.78, 5) is 21.2. The molecule has 0 aromatic heterocycles. The van der Waals surface area contributed by atoms with Gasteiger partial charge in [-0.2, -0.15) is 0 Å². The maximum atomic E-state index is 11.1. The van der Waals surface area contributed by atoms with Crippen molar-refractivity contribution in [1.29, 1.82) is 0 Å². The van der Waals surface area contributed by atoms with Crippen molar-refractivity contribution in [1.82, 2.24) is 0 Å². The lowest BCUT2D eigenvalue weighted by Crippen LogP contribution is -2.17. The minimum absolute atomic E-state index is 0.356. The molecule has 0 amide bonds. The minimum atomic E-state index is -0.742. The van der Waals surface area contributed by atoms with Gasteiger partial charge in [0, 0.05) is 6.42 Å². The number of aliphatic carboxylic acids is 1. The molecule has 0 spiro atoms. The number of allylic oxidation sites excluding steroid dienone is 1. The first-order valence-corrected chi connectivity index (χ1v) is 5.61. The second-order valence-corrected chi connectivity index (χ2v) is 4.01. The van der Waals surface area contributed by atoms with E-state index in [4.69, 9.17) is 5.11 Å². The Balaban J connectivity index is 2.52. The Morgan fingerprint density at radius 3 is 2.87 bits per heavy atom. The fourth-order valence-corrected chi connectivity index (χ4v) is 2.05. The number of carboxylic acids is 1. The van der Waals surface area contributed by atoms with Crippen molar-refractivity contribution >= 4 is 12.3 Å². The second-order valence-electron chi connectivity index (χ2n) is 4.01. The lowest BCUT2D eigenvalue weighted by atomic mass is 9.86. The van der Waals surface area contributed by atoms with Crippen molar-refractivity contribution in [2.45, 2.75) is 44.9 Å². The molecule has 0 radical (unpaired) electrons. The molecule has 15 heavy (non-hydrogen) atoms. The van der Waals surface area contributed by atoms with Gasteiger partial charge in [-0.15, -0.1) is 0 Å². The molecule has 1 rings (SSSR count). The van der Waals surface area contributed by atoms with Crippen molar-refractivity contribution in [2.24, 2.45) is 5.92 Å². The third kappa shape index (κ3) is 3.86. The van der Waals surface area contributed by atoms with E-state index in [9.17, 15) is 9.59 Å². The lowest BCUT2D eigenvalue weighted by Gasteiger charge is -2.19. The molecule has 0 heterocycles. The zero-order valence-corrected chi connectivity index (χ0v) is 8.95. The third-order valence-corrected chi connectivity index (χ3v) is 2.89. The quantitative estimate of drug-likeness (QED) is 0.416. The standard InChI is InChI=1S/C12H18O3/c13-9-5-4-8-11(12(14)15)10-6-2-1-3-7-10/h6,9,11H,1-5,7-8H2,(H,14,15). The summed E-state index contributed by atoms with van der Waals surface area (Å²) in [6.07, 6.45) is 8.87. The second kappa shape index (κ2) is 6.38. The van der Waals surface area contributed by atoms with Gasteiger partial charge < -0.3 is 9.90 Å². The molecule has 84 valence electrons. The molecule has 0 fully saturated rings. The highest BCUT2D eigenvalue weighted by Crippen LogP contribution is 2.27. The van der Waals surface area contributed by atoms with Crippen LogP contribution in [-0.4, -0.2) is 17.4 Å². The van der Waals surface area contributed by atoms with E-state index < -0.39 is 5.97 Å². The zero-order chi connectivity index (χ0) is 11.1. The topological polar surface area (TPSA) is 54.4 Å².